The Labute approximate surface area is 170 Å². The molecule has 2 amide bonds. The van der Waals surface area contributed by atoms with Crippen molar-refractivity contribution in [2.24, 2.45) is 0 Å². The van der Waals surface area contributed by atoms with Crippen LogP contribution in [0.3, 0.4) is 0 Å². The summed E-state index contributed by atoms with van der Waals surface area (Å²) in [7, 11) is 0. The summed E-state index contributed by atoms with van der Waals surface area (Å²) in [5, 5.41) is 15.2. The fourth-order valence-corrected chi connectivity index (χ4v) is 3.80. The molecule has 152 valence electrons. The molecule has 2 heterocycles. The Kier molecular flexibility index (Phi) is 6.23. The molecule has 0 spiro atoms. The lowest BCUT2D eigenvalue weighted by molar-refractivity contribution is -0.384. The van der Waals surface area contributed by atoms with Gasteiger partial charge in [-0.1, -0.05) is 6.07 Å². The van der Waals surface area contributed by atoms with Gasteiger partial charge in [0.1, 0.15) is 6.04 Å². The number of hydrogen-bond donors (Lipinski definition) is 1. The van der Waals surface area contributed by atoms with Crippen molar-refractivity contribution in [2.75, 3.05) is 13.2 Å². The van der Waals surface area contributed by atoms with Crippen LogP contribution in [0.4, 0.5) is 5.69 Å². The molecule has 1 N–H and O–H groups in total. The van der Waals surface area contributed by atoms with E-state index in [9.17, 15) is 24.5 Å². The van der Waals surface area contributed by atoms with Gasteiger partial charge in [-0.05, 0) is 36.4 Å². The van der Waals surface area contributed by atoms with E-state index in [1.807, 2.05) is 11.4 Å². The topological polar surface area (TPSA) is 119 Å². The van der Waals surface area contributed by atoms with Crippen LogP contribution in [0.15, 0.2) is 35.7 Å². The van der Waals surface area contributed by atoms with Gasteiger partial charge in [0.25, 0.3) is 17.5 Å². The van der Waals surface area contributed by atoms with E-state index in [1.54, 1.807) is 16.2 Å². The van der Waals surface area contributed by atoms with Gasteiger partial charge in [-0.2, -0.15) is 0 Å². The van der Waals surface area contributed by atoms with Crippen LogP contribution in [0.5, 0.6) is 0 Å². The fraction of sp³-hybridized carbons (Fsp3) is 0.316. The molecule has 29 heavy (non-hydrogen) atoms. The zero-order valence-corrected chi connectivity index (χ0v) is 16.4. The van der Waals surface area contributed by atoms with Crippen LogP contribution in [0, 0.1) is 10.1 Å². The maximum Gasteiger partial charge on any atom is 0.328 e. The van der Waals surface area contributed by atoms with Crippen molar-refractivity contribution in [3.05, 3.63) is 61.8 Å². The molecule has 2 aromatic rings. The third-order valence-electron chi connectivity index (χ3n) is 4.52. The van der Waals surface area contributed by atoms with E-state index in [-0.39, 0.29) is 17.2 Å². The van der Waals surface area contributed by atoms with Crippen molar-refractivity contribution in [2.45, 2.75) is 25.9 Å². The summed E-state index contributed by atoms with van der Waals surface area (Å²) in [6.45, 7) is 2.08. The molecular formula is C19H19N3O6S. The first kappa shape index (κ1) is 20.5. The van der Waals surface area contributed by atoms with Crippen molar-refractivity contribution in [3.63, 3.8) is 0 Å². The Morgan fingerprint density at radius 3 is 2.90 bits per heavy atom. The molecule has 0 saturated heterocycles. The number of nitro benzene ring substituents is 1. The van der Waals surface area contributed by atoms with E-state index in [0.717, 1.165) is 18.1 Å². The summed E-state index contributed by atoms with van der Waals surface area (Å²) in [4.78, 5) is 49.7. The standard InChI is InChI=1S/C19H19N3O6S/c1-12(20-18(24)13-3-2-4-15(9-13)22(26)27)19(25)28-11-17(23)21-7-5-16-14(10-21)6-8-29-16/h2-4,6,8-9,12H,5,7,10-11H2,1H3,(H,20,24)/t12-/m0/s1. The Morgan fingerprint density at radius 2 is 2.14 bits per heavy atom. The van der Waals surface area contributed by atoms with Gasteiger partial charge in [-0.25, -0.2) is 4.79 Å². The number of nitro groups is 1. The maximum absolute atomic E-state index is 12.3. The van der Waals surface area contributed by atoms with Gasteiger partial charge in [0, 0.05) is 35.7 Å². The number of fused-ring (bicyclic) bond motifs is 1. The molecule has 1 aromatic carbocycles. The van der Waals surface area contributed by atoms with Crippen LogP contribution >= 0.6 is 11.3 Å². The SMILES string of the molecule is C[C@H](NC(=O)c1cccc([N+](=O)[O-])c1)C(=O)OCC(=O)N1CCc2sccc2C1. The van der Waals surface area contributed by atoms with Gasteiger partial charge in [0.15, 0.2) is 6.61 Å². The van der Waals surface area contributed by atoms with Crippen LogP contribution in [0.25, 0.3) is 0 Å². The fourth-order valence-electron chi connectivity index (χ4n) is 2.91. The molecule has 3 rings (SSSR count). The minimum absolute atomic E-state index is 0.0508. The van der Waals surface area contributed by atoms with E-state index >= 15 is 0 Å². The van der Waals surface area contributed by atoms with E-state index in [0.29, 0.717) is 13.1 Å². The molecule has 1 aliphatic rings. The molecule has 0 unspecified atom stereocenters. The van der Waals surface area contributed by atoms with Crippen molar-refractivity contribution >= 4 is 34.8 Å². The Hall–Kier alpha value is -3.27. The lowest BCUT2D eigenvalue weighted by Crippen LogP contribution is -2.42. The third kappa shape index (κ3) is 4.96. The monoisotopic (exact) mass is 417 g/mol. The van der Waals surface area contributed by atoms with Crippen molar-refractivity contribution in [1.82, 2.24) is 10.2 Å². The van der Waals surface area contributed by atoms with Crippen molar-refractivity contribution in [3.8, 4) is 0 Å². The lowest BCUT2D eigenvalue weighted by atomic mass is 10.1. The third-order valence-corrected chi connectivity index (χ3v) is 5.54. The van der Waals surface area contributed by atoms with Crippen LogP contribution in [0.2, 0.25) is 0 Å². The number of esters is 1. The molecule has 0 radical (unpaired) electrons. The minimum atomic E-state index is -1.01. The average molecular weight is 417 g/mol. The summed E-state index contributed by atoms with van der Waals surface area (Å²) in [6, 6.07) is 6.13. The van der Waals surface area contributed by atoms with Gasteiger partial charge in [0.05, 0.1) is 4.92 Å². The highest BCUT2D eigenvalue weighted by atomic mass is 32.1. The van der Waals surface area contributed by atoms with E-state index in [2.05, 4.69) is 5.32 Å². The van der Waals surface area contributed by atoms with E-state index < -0.39 is 29.4 Å². The predicted molar refractivity (Wildman–Crippen MR) is 104 cm³/mol. The van der Waals surface area contributed by atoms with Gasteiger partial charge in [0.2, 0.25) is 0 Å². The molecule has 1 aromatic heterocycles. The largest absolute Gasteiger partial charge is 0.454 e. The summed E-state index contributed by atoms with van der Waals surface area (Å²) in [5.74, 6) is -1.71. The molecule has 1 aliphatic heterocycles. The van der Waals surface area contributed by atoms with Crippen LogP contribution in [0.1, 0.15) is 27.7 Å². The predicted octanol–water partition coefficient (Wildman–Crippen LogP) is 1.90. The summed E-state index contributed by atoms with van der Waals surface area (Å²) in [6.07, 6.45) is 0.780. The Balaban J connectivity index is 1.49. The van der Waals surface area contributed by atoms with E-state index in [1.165, 1.54) is 30.0 Å². The highest BCUT2D eigenvalue weighted by Gasteiger charge is 2.24. The second-order valence-corrected chi connectivity index (χ2v) is 7.55. The first-order valence-electron chi connectivity index (χ1n) is 8.90. The highest BCUT2D eigenvalue weighted by molar-refractivity contribution is 7.10. The first-order chi connectivity index (χ1) is 13.8. The number of amides is 2. The number of benzene rings is 1. The average Bonchev–Trinajstić information content (AvgIpc) is 3.19. The number of nitrogens with one attached hydrogen (secondary N) is 1. The smallest absolute Gasteiger partial charge is 0.328 e. The normalized spacial score (nSPS) is 13.9. The summed E-state index contributed by atoms with van der Waals surface area (Å²) in [5.41, 5.74) is 0.933. The number of ether oxygens (including phenoxy) is 1. The summed E-state index contributed by atoms with van der Waals surface area (Å²) >= 11 is 1.67. The van der Waals surface area contributed by atoms with Gasteiger partial charge >= 0.3 is 5.97 Å². The van der Waals surface area contributed by atoms with Crippen LogP contribution < -0.4 is 5.32 Å². The molecule has 10 heteroatoms. The van der Waals surface area contributed by atoms with E-state index in [4.69, 9.17) is 4.74 Å². The first-order valence-corrected chi connectivity index (χ1v) is 9.78. The van der Waals surface area contributed by atoms with Gasteiger partial charge in [-0.15, -0.1) is 11.3 Å². The van der Waals surface area contributed by atoms with Gasteiger partial charge in [-0.3, -0.25) is 19.7 Å². The zero-order valence-electron chi connectivity index (χ0n) is 15.6. The number of carbonyl (C=O) groups is 3. The summed E-state index contributed by atoms with van der Waals surface area (Å²) < 4.78 is 5.04. The Morgan fingerprint density at radius 1 is 1.34 bits per heavy atom. The molecule has 0 bridgehead atoms. The zero-order chi connectivity index (χ0) is 21.0. The number of hydrogen-bond acceptors (Lipinski definition) is 7. The number of thiophene rings is 1. The number of carbonyl (C=O) groups excluding carboxylic acids is 3. The molecular weight excluding hydrogens is 398 g/mol. The van der Waals surface area contributed by atoms with Crippen molar-refractivity contribution < 1.29 is 24.0 Å². The highest BCUT2D eigenvalue weighted by Crippen LogP contribution is 2.24. The lowest BCUT2D eigenvalue weighted by Gasteiger charge is -2.27. The number of rotatable bonds is 6. The molecule has 0 fully saturated rings. The van der Waals surface area contributed by atoms with Crippen LogP contribution in [-0.2, 0) is 27.3 Å². The second-order valence-electron chi connectivity index (χ2n) is 6.54. The quantitative estimate of drug-likeness (QED) is 0.436. The molecule has 0 saturated carbocycles. The molecule has 9 nitrogen and oxygen atoms in total. The second kappa shape index (κ2) is 8.82. The number of non-ortho nitro benzene ring substituents is 1. The maximum atomic E-state index is 12.3. The molecule has 1 atom stereocenters. The minimum Gasteiger partial charge on any atom is -0.454 e. The molecule has 0 aliphatic carbocycles. The number of nitrogens with zero attached hydrogens (tertiary/aromatic N) is 2. The van der Waals surface area contributed by atoms with Gasteiger partial charge < -0.3 is 15.0 Å². The van der Waals surface area contributed by atoms with Crippen LogP contribution in [-0.4, -0.2) is 46.8 Å². The van der Waals surface area contributed by atoms with Crippen molar-refractivity contribution in [1.29, 1.82) is 0 Å². The Bertz CT molecular complexity index is 957.